The van der Waals surface area contributed by atoms with E-state index in [9.17, 15) is 4.39 Å². The van der Waals surface area contributed by atoms with Gasteiger partial charge in [0.1, 0.15) is 5.82 Å². The summed E-state index contributed by atoms with van der Waals surface area (Å²) in [6.07, 6.45) is 0. The van der Waals surface area contributed by atoms with Gasteiger partial charge in [-0.15, -0.1) is 0 Å². The number of fused-ring (bicyclic) bond motifs is 1. The minimum Gasteiger partial charge on any atom is -0.397 e. The summed E-state index contributed by atoms with van der Waals surface area (Å²) in [5.41, 5.74) is 7.28. The molecule has 1 aromatic heterocycles. The molecule has 0 saturated carbocycles. The van der Waals surface area contributed by atoms with Gasteiger partial charge in [0, 0.05) is 9.79 Å². The van der Waals surface area contributed by atoms with E-state index in [1.807, 2.05) is 0 Å². The summed E-state index contributed by atoms with van der Waals surface area (Å²) in [5.74, 6) is -0.274. The van der Waals surface area contributed by atoms with Crippen LogP contribution >= 0.6 is 11.8 Å². The first kappa shape index (κ1) is 11.0. The van der Waals surface area contributed by atoms with Crippen LogP contribution in [0.15, 0.2) is 50.8 Å². The molecule has 0 aliphatic rings. The molecule has 2 aromatic carbocycles. The fourth-order valence-corrected chi connectivity index (χ4v) is 2.51. The van der Waals surface area contributed by atoms with Gasteiger partial charge in [0.05, 0.1) is 5.69 Å². The van der Waals surface area contributed by atoms with Gasteiger partial charge in [-0.05, 0) is 34.6 Å². The molecular weight excluding hydrogens is 253 g/mol. The number of aromatic nitrogens is 2. The molecule has 3 aromatic rings. The van der Waals surface area contributed by atoms with Gasteiger partial charge in [0.25, 0.3) is 0 Å². The Balaban J connectivity index is 2.08. The second kappa shape index (κ2) is 4.30. The molecule has 0 amide bonds. The molecule has 0 aliphatic carbocycles. The molecule has 0 atom stereocenters. The van der Waals surface area contributed by atoms with Gasteiger partial charge in [-0.3, -0.25) is 0 Å². The number of nitrogen functional groups attached to an aromatic ring is 1. The Labute approximate surface area is 106 Å². The van der Waals surface area contributed by atoms with E-state index in [0.29, 0.717) is 21.6 Å². The van der Waals surface area contributed by atoms with Gasteiger partial charge in [0.15, 0.2) is 11.0 Å². The number of anilines is 1. The van der Waals surface area contributed by atoms with Crippen LogP contribution in [0.4, 0.5) is 10.1 Å². The molecule has 0 aliphatic heterocycles. The predicted octanol–water partition coefficient (Wildman–Crippen LogP) is 3.10. The molecule has 1 heterocycles. The zero-order valence-electron chi connectivity index (χ0n) is 9.13. The Morgan fingerprint density at radius 1 is 1.00 bits per heavy atom. The highest BCUT2D eigenvalue weighted by molar-refractivity contribution is 7.99. The zero-order chi connectivity index (χ0) is 12.5. The molecule has 0 saturated heterocycles. The van der Waals surface area contributed by atoms with Crippen molar-refractivity contribution in [2.75, 3.05) is 5.73 Å². The summed E-state index contributed by atoms with van der Waals surface area (Å²) < 4.78 is 18.2. The maximum absolute atomic E-state index is 13.6. The molecule has 0 fully saturated rings. The maximum Gasteiger partial charge on any atom is 0.159 e. The maximum atomic E-state index is 13.6. The lowest BCUT2D eigenvalue weighted by Gasteiger charge is -2.03. The van der Waals surface area contributed by atoms with Crippen LogP contribution in [0, 0.1) is 5.82 Å². The van der Waals surface area contributed by atoms with Crippen molar-refractivity contribution in [2.24, 2.45) is 0 Å². The largest absolute Gasteiger partial charge is 0.397 e. The van der Waals surface area contributed by atoms with E-state index in [-0.39, 0.29) is 5.82 Å². The molecule has 0 spiro atoms. The molecule has 0 bridgehead atoms. The van der Waals surface area contributed by atoms with Crippen LogP contribution in [0.5, 0.6) is 0 Å². The Bertz CT molecular complexity index is 713. The topological polar surface area (TPSA) is 64.9 Å². The van der Waals surface area contributed by atoms with Crippen molar-refractivity contribution in [3.8, 4) is 0 Å². The predicted molar refractivity (Wildman–Crippen MR) is 66.7 cm³/mol. The molecular formula is C12H8FN3OS. The third-order valence-electron chi connectivity index (χ3n) is 2.47. The van der Waals surface area contributed by atoms with Gasteiger partial charge >= 0.3 is 0 Å². The first-order valence-electron chi connectivity index (χ1n) is 5.19. The monoisotopic (exact) mass is 261 g/mol. The lowest BCUT2D eigenvalue weighted by molar-refractivity contribution is 0.315. The molecule has 2 N–H and O–H groups in total. The van der Waals surface area contributed by atoms with Crippen molar-refractivity contribution in [2.45, 2.75) is 9.79 Å². The average molecular weight is 261 g/mol. The van der Waals surface area contributed by atoms with Crippen molar-refractivity contribution >= 4 is 28.5 Å². The SMILES string of the molecule is Nc1ccc(Sc2ccccc2F)c2nonc12. The Kier molecular flexibility index (Phi) is 2.64. The van der Waals surface area contributed by atoms with E-state index in [2.05, 4.69) is 14.9 Å². The van der Waals surface area contributed by atoms with Crippen LogP contribution in [0.25, 0.3) is 11.0 Å². The lowest BCUT2D eigenvalue weighted by Crippen LogP contribution is -1.88. The van der Waals surface area contributed by atoms with Crippen molar-refractivity contribution in [3.05, 3.63) is 42.2 Å². The number of halogens is 1. The van der Waals surface area contributed by atoms with Gasteiger partial charge in [-0.25, -0.2) is 9.02 Å². The van der Waals surface area contributed by atoms with E-state index in [4.69, 9.17) is 5.73 Å². The molecule has 3 rings (SSSR count). The third kappa shape index (κ3) is 1.80. The first-order chi connectivity index (χ1) is 8.75. The summed E-state index contributed by atoms with van der Waals surface area (Å²) >= 11 is 1.26. The fraction of sp³-hybridized carbons (Fsp3) is 0. The summed E-state index contributed by atoms with van der Waals surface area (Å²) in [5, 5.41) is 7.52. The van der Waals surface area contributed by atoms with Crippen LogP contribution in [-0.2, 0) is 0 Å². The second-order valence-electron chi connectivity index (χ2n) is 3.65. The van der Waals surface area contributed by atoms with Gasteiger partial charge in [0.2, 0.25) is 0 Å². The highest BCUT2D eigenvalue weighted by atomic mass is 32.2. The quantitative estimate of drug-likeness (QED) is 0.718. The normalized spacial score (nSPS) is 10.9. The summed E-state index contributed by atoms with van der Waals surface area (Å²) in [4.78, 5) is 1.28. The number of rotatable bonds is 2. The minimum absolute atomic E-state index is 0.274. The van der Waals surface area contributed by atoms with E-state index < -0.39 is 0 Å². The molecule has 0 radical (unpaired) electrons. The molecule has 6 heteroatoms. The van der Waals surface area contributed by atoms with E-state index in [1.165, 1.54) is 17.8 Å². The summed E-state index contributed by atoms with van der Waals surface area (Å²) in [6, 6.07) is 10.0. The highest BCUT2D eigenvalue weighted by Crippen LogP contribution is 2.35. The number of hydrogen-bond donors (Lipinski definition) is 1. The fourth-order valence-electron chi connectivity index (χ4n) is 1.59. The second-order valence-corrected chi connectivity index (χ2v) is 4.73. The van der Waals surface area contributed by atoms with Crippen LogP contribution in [0.1, 0.15) is 0 Å². The number of nitrogens with zero attached hydrogens (tertiary/aromatic N) is 2. The van der Waals surface area contributed by atoms with Gasteiger partial charge in [-0.2, -0.15) is 0 Å². The number of hydrogen-bond acceptors (Lipinski definition) is 5. The molecule has 18 heavy (non-hydrogen) atoms. The van der Waals surface area contributed by atoms with E-state index in [1.54, 1.807) is 30.3 Å². The average Bonchev–Trinajstić information content (AvgIpc) is 2.85. The Morgan fingerprint density at radius 2 is 1.78 bits per heavy atom. The van der Waals surface area contributed by atoms with Crippen molar-refractivity contribution in [3.63, 3.8) is 0 Å². The highest BCUT2D eigenvalue weighted by Gasteiger charge is 2.12. The van der Waals surface area contributed by atoms with Crippen molar-refractivity contribution < 1.29 is 9.02 Å². The minimum atomic E-state index is -0.274. The Hall–Kier alpha value is -2.08. The van der Waals surface area contributed by atoms with Crippen LogP contribution in [0.2, 0.25) is 0 Å². The summed E-state index contributed by atoms with van der Waals surface area (Å²) in [7, 11) is 0. The standard InChI is InChI=1S/C12H8FN3OS/c13-7-3-1-2-4-9(7)18-10-6-5-8(14)11-12(10)16-17-15-11/h1-6H,14H2. The van der Waals surface area contributed by atoms with E-state index >= 15 is 0 Å². The molecule has 0 unspecified atom stereocenters. The smallest absolute Gasteiger partial charge is 0.159 e. The van der Waals surface area contributed by atoms with Crippen LogP contribution in [-0.4, -0.2) is 10.3 Å². The van der Waals surface area contributed by atoms with E-state index in [0.717, 1.165) is 4.90 Å². The zero-order valence-corrected chi connectivity index (χ0v) is 9.95. The van der Waals surface area contributed by atoms with Gasteiger partial charge in [-0.1, -0.05) is 23.9 Å². The number of nitrogens with two attached hydrogens (primary N) is 1. The molecule has 90 valence electrons. The Morgan fingerprint density at radius 3 is 2.61 bits per heavy atom. The van der Waals surface area contributed by atoms with Crippen LogP contribution in [0.3, 0.4) is 0 Å². The van der Waals surface area contributed by atoms with Crippen molar-refractivity contribution in [1.29, 1.82) is 0 Å². The first-order valence-corrected chi connectivity index (χ1v) is 6.00. The lowest BCUT2D eigenvalue weighted by atomic mass is 10.3. The third-order valence-corrected chi connectivity index (χ3v) is 3.57. The number of benzene rings is 2. The van der Waals surface area contributed by atoms with Gasteiger partial charge < -0.3 is 5.73 Å². The molecule has 4 nitrogen and oxygen atoms in total. The summed E-state index contributed by atoms with van der Waals surface area (Å²) in [6.45, 7) is 0. The van der Waals surface area contributed by atoms with Crippen molar-refractivity contribution in [1.82, 2.24) is 10.3 Å². The van der Waals surface area contributed by atoms with Crippen LogP contribution < -0.4 is 5.73 Å².